The van der Waals surface area contributed by atoms with Crippen molar-refractivity contribution in [3.63, 3.8) is 0 Å². The number of amides is 1. The quantitative estimate of drug-likeness (QED) is 0.797. The molecule has 0 aromatic heterocycles. The molecule has 2 aromatic carbocycles. The predicted molar refractivity (Wildman–Crippen MR) is 85.0 cm³/mol. The fourth-order valence-corrected chi connectivity index (χ4v) is 2.03. The topological polar surface area (TPSA) is 46.6 Å². The second-order valence-corrected chi connectivity index (χ2v) is 5.22. The van der Waals surface area contributed by atoms with Gasteiger partial charge in [-0.3, -0.25) is 9.59 Å². The molecule has 0 saturated heterocycles. The average Bonchev–Trinajstić information content (AvgIpc) is 2.53. The minimum Gasteiger partial charge on any atom is -0.476 e. The number of likely N-dealkylation sites (N-methyl/N-ethyl adjacent to an activating group) is 1. The van der Waals surface area contributed by atoms with Crippen LogP contribution >= 0.6 is 0 Å². The standard InChI is InChI=1S/C18H19NO3/c1-13(20)14-9-11-16(12-10-14)22-17(18(21)19(2)3)15-7-5-4-6-8-15/h4-12,17H,1-3H3/t17-/m0/s1. The van der Waals surface area contributed by atoms with Crippen molar-refractivity contribution in [2.24, 2.45) is 0 Å². The highest BCUT2D eigenvalue weighted by Crippen LogP contribution is 2.24. The number of carbonyl (C=O) groups excluding carboxylic acids is 2. The third-order valence-corrected chi connectivity index (χ3v) is 3.28. The molecule has 2 aromatic rings. The number of hydrogen-bond donors (Lipinski definition) is 0. The Labute approximate surface area is 130 Å². The van der Waals surface area contributed by atoms with Crippen molar-refractivity contribution in [1.82, 2.24) is 4.90 Å². The molecule has 0 radical (unpaired) electrons. The highest BCUT2D eigenvalue weighted by Gasteiger charge is 2.24. The van der Waals surface area contributed by atoms with E-state index in [1.807, 2.05) is 30.3 Å². The van der Waals surface area contributed by atoms with Gasteiger partial charge < -0.3 is 9.64 Å². The van der Waals surface area contributed by atoms with Crippen LogP contribution in [0.4, 0.5) is 0 Å². The van der Waals surface area contributed by atoms with E-state index in [9.17, 15) is 9.59 Å². The Hall–Kier alpha value is -2.62. The first-order valence-corrected chi connectivity index (χ1v) is 7.03. The summed E-state index contributed by atoms with van der Waals surface area (Å²) in [5.41, 5.74) is 1.40. The Morgan fingerprint density at radius 2 is 1.55 bits per heavy atom. The Morgan fingerprint density at radius 1 is 0.955 bits per heavy atom. The fraction of sp³-hybridized carbons (Fsp3) is 0.222. The monoisotopic (exact) mass is 297 g/mol. The molecular weight excluding hydrogens is 278 g/mol. The number of nitrogens with zero attached hydrogens (tertiary/aromatic N) is 1. The summed E-state index contributed by atoms with van der Waals surface area (Å²) in [6, 6.07) is 16.1. The van der Waals surface area contributed by atoms with E-state index < -0.39 is 6.10 Å². The molecular formula is C18H19NO3. The lowest BCUT2D eigenvalue weighted by Crippen LogP contribution is -2.31. The Morgan fingerprint density at radius 3 is 2.05 bits per heavy atom. The van der Waals surface area contributed by atoms with Crippen LogP contribution in [-0.2, 0) is 4.79 Å². The van der Waals surface area contributed by atoms with E-state index in [-0.39, 0.29) is 11.7 Å². The normalized spacial score (nSPS) is 11.6. The van der Waals surface area contributed by atoms with Crippen molar-refractivity contribution >= 4 is 11.7 Å². The minimum absolute atomic E-state index is 0.00414. The van der Waals surface area contributed by atoms with Crippen LogP contribution in [0.2, 0.25) is 0 Å². The Kier molecular flexibility index (Phi) is 4.94. The largest absolute Gasteiger partial charge is 0.476 e. The summed E-state index contributed by atoms with van der Waals surface area (Å²) in [4.78, 5) is 25.2. The summed E-state index contributed by atoms with van der Waals surface area (Å²) >= 11 is 0. The van der Waals surface area contributed by atoms with Gasteiger partial charge in [0.2, 0.25) is 6.10 Å². The lowest BCUT2D eigenvalue weighted by Gasteiger charge is -2.22. The smallest absolute Gasteiger partial charge is 0.267 e. The van der Waals surface area contributed by atoms with Gasteiger partial charge in [0, 0.05) is 25.2 Å². The van der Waals surface area contributed by atoms with Crippen molar-refractivity contribution in [3.05, 3.63) is 65.7 Å². The molecule has 0 bridgehead atoms. The molecule has 0 unspecified atom stereocenters. The van der Waals surface area contributed by atoms with Crippen molar-refractivity contribution in [3.8, 4) is 5.75 Å². The summed E-state index contributed by atoms with van der Waals surface area (Å²) < 4.78 is 5.86. The maximum atomic E-state index is 12.4. The number of carbonyl (C=O) groups is 2. The molecule has 2 rings (SSSR count). The summed E-state index contributed by atoms with van der Waals surface area (Å²) in [6.45, 7) is 1.51. The van der Waals surface area contributed by atoms with Crippen LogP contribution in [0.3, 0.4) is 0 Å². The van der Waals surface area contributed by atoms with E-state index in [1.54, 1.807) is 38.4 Å². The van der Waals surface area contributed by atoms with E-state index in [1.165, 1.54) is 11.8 Å². The molecule has 0 saturated carbocycles. The molecule has 0 aliphatic carbocycles. The molecule has 0 spiro atoms. The average molecular weight is 297 g/mol. The Bertz CT molecular complexity index is 648. The third kappa shape index (κ3) is 3.73. The lowest BCUT2D eigenvalue weighted by molar-refractivity contribution is -0.136. The predicted octanol–water partition coefficient (Wildman–Crippen LogP) is 3.10. The number of rotatable bonds is 5. The summed E-state index contributed by atoms with van der Waals surface area (Å²) in [5, 5.41) is 0. The van der Waals surface area contributed by atoms with Crippen molar-refractivity contribution < 1.29 is 14.3 Å². The van der Waals surface area contributed by atoms with Crippen LogP contribution in [-0.4, -0.2) is 30.7 Å². The molecule has 4 nitrogen and oxygen atoms in total. The van der Waals surface area contributed by atoms with Gasteiger partial charge in [-0.15, -0.1) is 0 Å². The van der Waals surface area contributed by atoms with Gasteiger partial charge in [0.15, 0.2) is 5.78 Å². The molecule has 1 atom stereocenters. The van der Waals surface area contributed by atoms with E-state index >= 15 is 0 Å². The first kappa shape index (κ1) is 15.8. The van der Waals surface area contributed by atoms with Crippen molar-refractivity contribution in [1.29, 1.82) is 0 Å². The number of ether oxygens (including phenoxy) is 1. The van der Waals surface area contributed by atoms with Crippen LogP contribution < -0.4 is 4.74 Å². The van der Waals surface area contributed by atoms with Gasteiger partial charge in [0.25, 0.3) is 5.91 Å². The van der Waals surface area contributed by atoms with Gasteiger partial charge in [-0.05, 0) is 31.2 Å². The maximum absolute atomic E-state index is 12.4. The van der Waals surface area contributed by atoms with Crippen molar-refractivity contribution in [2.45, 2.75) is 13.0 Å². The van der Waals surface area contributed by atoms with Crippen LogP contribution in [0.25, 0.3) is 0 Å². The van der Waals surface area contributed by atoms with E-state index in [0.717, 1.165) is 5.56 Å². The highest BCUT2D eigenvalue weighted by molar-refractivity contribution is 5.94. The molecule has 0 aliphatic heterocycles. The van der Waals surface area contributed by atoms with Crippen LogP contribution in [0.15, 0.2) is 54.6 Å². The van der Waals surface area contributed by atoms with E-state index in [4.69, 9.17) is 4.74 Å². The van der Waals surface area contributed by atoms with Gasteiger partial charge in [0.05, 0.1) is 0 Å². The van der Waals surface area contributed by atoms with Crippen LogP contribution in [0.5, 0.6) is 5.75 Å². The maximum Gasteiger partial charge on any atom is 0.267 e. The molecule has 22 heavy (non-hydrogen) atoms. The van der Waals surface area contributed by atoms with Crippen LogP contribution in [0.1, 0.15) is 28.9 Å². The fourth-order valence-electron chi connectivity index (χ4n) is 2.03. The minimum atomic E-state index is -0.709. The Balaban J connectivity index is 2.27. The number of Topliss-reactive ketones (excluding diaryl/α,β-unsaturated/α-hetero) is 1. The molecule has 0 heterocycles. The first-order chi connectivity index (χ1) is 10.5. The molecule has 0 N–H and O–H groups in total. The van der Waals surface area contributed by atoms with E-state index in [2.05, 4.69) is 0 Å². The number of ketones is 1. The zero-order chi connectivity index (χ0) is 16.1. The number of hydrogen-bond acceptors (Lipinski definition) is 3. The molecule has 4 heteroatoms. The van der Waals surface area contributed by atoms with Gasteiger partial charge >= 0.3 is 0 Å². The highest BCUT2D eigenvalue weighted by atomic mass is 16.5. The van der Waals surface area contributed by atoms with Gasteiger partial charge in [0.1, 0.15) is 5.75 Å². The zero-order valence-corrected chi connectivity index (χ0v) is 12.9. The lowest BCUT2D eigenvalue weighted by atomic mass is 10.1. The second-order valence-electron chi connectivity index (χ2n) is 5.22. The summed E-state index contributed by atoms with van der Waals surface area (Å²) in [7, 11) is 3.39. The summed E-state index contributed by atoms with van der Waals surface area (Å²) in [5.74, 6) is 0.409. The first-order valence-electron chi connectivity index (χ1n) is 7.03. The van der Waals surface area contributed by atoms with Gasteiger partial charge in [-0.2, -0.15) is 0 Å². The number of benzene rings is 2. The van der Waals surface area contributed by atoms with Crippen molar-refractivity contribution in [2.75, 3.05) is 14.1 Å². The molecule has 0 fully saturated rings. The third-order valence-electron chi connectivity index (χ3n) is 3.28. The van der Waals surface area contributed by atoms with E-state index in [0.29, 0.717) is 11.3 Å². The molecule has 0 aliphatic rings. The SMILES string of the molecule is CC(=O)c1ccc(O[C@H](C(=O)N(C)C)c2ccccc2)cc1. The van der Waals surface area contributed by atoms with Gasteiger partial charge in [-0.1, -0.05) is 30.3 Å². The second kappa shape index (κ2) is 6.89. The van der Waals surface area contributed by atoms with Crippen LogP contribution in [0, 0.1) is 0 Å². The molecule has 114 valence electrons. The van der Waals surface area contributed by atoms with Gasteiger partial charge in [-0.25, -0.2) is 0 Å². The zero-order valence-electron chi connectivity index (χ0n) is 12.9. The molecule has 1 amide bonds. The summed E-state index contributed by atoms with van der Waals surface area (Å²) in [6.07, 6.45) is -0.709.